The van der Waals surface area contributed by atoms with E-state index in [0.717, 1.165) is 24.2 Å². The van der Waals surface area contributed by atoms with Gasteiger partial charge in [0, 0.05) is 36.1 Å². The highest BCUT2D eigenvalue weighted by molar-refractivity contribution is 7.09. The monoisotopic (exact) mass is 335 g/mol. The molecule has 0 bridgehead atoms. The number of ether oxygens (including phenoxy) is 1. The molecule has 23 heavy (non-hydrogen) atoms. The van der Waals surface area contributed by atoms with Gasteiger partial charge in [0.25, 0.3) is 5.91 Å². The molecule has 0 saturated heterocycles. The molecule has 3 N–H and O–H groups in total. The average molecular weight is 335 g/mol. The summed E-state index contributed by atoms with van der Waals surface area (Å²) in [6, 6.07) is 0. The first-order valence-electron chi connectivity index (χ1n) is 7.35. The molecule has 0 radical (unpaired) electrons. The van der Waals surface area contributed by atoms with E-state index in [9.17, 15) is 9.59 Å². The van der Waals surface area contributed by atoms with E-state index in [0.29, 0.717) is 23.9 Å². The van der Waals surface area contributed by atoms with E-state index in [-0.39, 0.29) is 18.1 Å². The van der Waals surface area contributed by atoms with Crippen LogP contribution in [-0.4, -0.2) is 40.2 Å². The molecule has 2 aromatic heterocycles. The van der Waals surface area contributed by atoms with Gasteiger partial charge in [-0.15, -0.1) is 11.3 Å². The number of hydrogen-bond donors (Lipinski definition) is 3. The highest BCUT2D eigenvalue weighted by Crippen LogP contribution is 2.16. The second-order valence-electron chi connectivity index (χ2n) is 4.99. The molecule has 0 unspecified atom stereocenters. The summed E-state index contributed by atoms with van der Waals surface area (Å²) in [6.07, 6.45) is 0.838. The van der Waals surface area contributed by atoms with Crippen molar-refractivity contribution in [1.82, 2.24) is 25.8 Å². The zero-order valence-corrected chi connectivity index (χ0v) is 13.5. The molecule has 3 heterocycles. The summed E-state index contributed by atoms with van der Waals surface area (Å²) < 4.78 is 4.88. The minimum atomic E-state index is -0.450. The third-order valence-corrected chi connectivity index (χ3v) is 4.31. The SMILES string of the molecule is CCOC(=O)c1csc(CNC(=O)c2n[nH]c3c2CNCC3)n1. The van der Waals surface area contributed by atoms with Gasteiger partial charge in [0.2, 0.25) is 0 Å². The summed E-state index contributed by atoms with van der Waals surface area (Å²) in [4.78, 5) is 28.0. The summed E-state index contributed by atoms with van der Waals surface area (Å²) in [5.41, 5.74) is 2.60. The lowest BCUT2D eigenvalue weighted by atomic mass is 10.1. The first kappa shape index (κ1) is 15.6. The van der Waals surface area contributed by atoms with E-state index < -0.39 is 5.97 Å². The molecule has 8 nitrogen and oxygen atoms in total. The molecule has 1 aliphatic heterocycles. The van der Waals surface area contributed by atoms with Crippen LogP contribution >= 0.6 is 11.3 Å². The fraction of sp³-hybridized carbons (Fsp3) is 0.429. The number of amides is 1. The maximum atomic E-state index is 12.3. The van der Waals surface area contributed by atoms with Gasteiger partial charge in [0.1, 0.15) is 5.01 Å². The molecule has 0 atom stereocenters. The molecule has 0 aromatic carbocycles. The first-order valence-corrected chi connectivity index (χ1v) is 8.23. The van der Waals surface area contributed by atoms with Crippen LogP contribution in [0.1, 0.15) is 44.2 Å². The second-order valence-corrected chi connectivity index (χ2v) is 5.93. The van der Waals surface area contributed by atoms with E-state index in [1.54, 1.807) is 12.3 Å². The summed E-state index contributed by atoms with van der Waals surface area (Å²) in [6.45, 7) is 3.81. The van der Waals surface area contributed by atoms with Crippen molar-refractivity contribution >= 4 is 23.2 Å². The summed E-state index contributed by atoms with van der Waals surface area (Å²) in [7, 11) is 0. The molecule has 2 aromatic rings. The lowest BCUT2D eigenvalue weighted by molar-refractivity contribution is 0.0520. The van der Waals surface area contributed by atoms with Crippen molar-refractivity contribution in [1.29, 1.82) is 0 Å². The van der Waals surface area contributed by atoms with Crippen LogP contribution in [0.5, 0.6) is 0 Å². The van der Waals surface area contributed by atoms with Crippen LogP contribution in [0.3, 0.4) is 0 Å². The number of hydrogen-bond acceptors (Lipinski definition) is 7. The van der Waals surface area contributed by atoms with E-state index in [4.69, 9.17) is 4.74 Å². The predicted molar refractivity (Wildman–Crippen MR) is 83.2 cm³/mol. The summed E-state index contributed by atoms with van der Waals surface area (Å²) >= 11 is 1.30. The third-order valence-electron chi connectivity index (χ3n) is 3.46. The number of aromatic nitrogens is 3. The third kappa shape index (κ3) is 3.40. The number of thiazole rings is 1. The minimum absolute atomic E-state index is 0.248. The minimum Gasteiger partial charge on any atom is -0.461 e. The lowest BCUT2D eigenvalue weighted by Crippen LogP contribution is -2.28. The standard InChI is InChI=1S/C14H17N5O3S/c1-2-22-14(21)10-7-23-11(17-10)6-16-13(20)12-8-5-15-4-3-9(8)18-19-12/h7,15H,2-6H2,1H3,(H,16,20)(H,18,19). The highest BCUT2D eigenvalue weighted by Gasteiger charge is 2.21. The van der Waals surface area contributed by atoms with Crippen molar-refractivity contribution in [2.75, 3.05) is 13.2 Å². The van der Waals surface area contributed by atoms with Gasteiger partial charge in [-0.25, -0.2) is 9.78 Å². The normalized spacial score (nSPS) is 13.4. The Morgan fingerprint density at radius 2 is 2.35 bits per heavy atom. The number of nitrogens with one attached hydrogen (secondary N) is 3. The van der Waals surface area contributed by atoms with Gasteiger partial charge < -0.3 is 15.4 Å². The maximum Gasteiger partial charge on any atom is 0.357 e. The van der Waals surface area contributed by atoms with Crippen molar-refractivity contribution in [3.8, 4) is 0 Å². The number of esters is 1. The largest absolute Gasteiger partial charge is 0.461 e. The zero-order valence-electron chi connectivity index (χ0n) is 12.6. The van der Waals surface area contributed by atoms with Crippen LogP contribution < -0.4 is 10.6 Å². The molecule has 122 valence electrons. The van der Waals surface area contributed by atoms with Crippen LogP contribution in [0, 0.1) is 0 Å². The second kappa shape index (κ2) is 6.88. The smallest absolute Gasteiger partial charge is 0.357 e. The number of carbonyl (C=O) groups excluding carboxylic acids is 2. The maximum absolute atomic E-state index is 12.3. The van der Waals surface area contributed by atoms with Gasteiger partial charge >= 0.3 is 5.97 Å². The van der Waals surface area contributed by atoms with Gasteiger partial charge in [-0.1, -0.05) is 0 Å². The quantitative estimate of drug-likeness (QED) is 0.691. The molecule has 0 saturated carbocycles. The van der Waals surface area contributed by atoms with E-state index >= 15 is 0 Å². The summed E-state index contributed by atoms with van der Waals surface area (Å²) in [5, 5.41) is 15.3. The topological polar surface area (TPSA) is 109 Å². The van der Waals surface area contributed by atoms with Crippen molar-refractivity contribution in [3.63, 3.8) is 0 Å². The predicted octanol–water partition coefficient (Wildman–Crippen LogP) is 0.619. The molecule has 3 rings (SSSR count). The Hall–Kier alpha value is -2.26. The number of carbonyl (C=O) groups is 2. The van der Waals surface area contributed by atoms with Crippen molar-refractivity contribution in [2.45, 2.75) is 26.4 Å². The number of nitrogens with zero attached hydrogens (tertiary/aromatic N) is 2. The van der Waals surface area contributed by atoms with Crippen LogP contribution in [0.2, 0.25) is 0 Å². The van der Waals surface area contributed by atoms with Crippen molar-refractivity contribution in [2.24, 2.45) is 0 Å². The van der Waals surface area contributed by atoms with Crippen LogP contribution in [0.25, 0.3) is 0 Å². The van der Waals surface area contributed by atoms with Gasteiger partial charge in [0.15, 0.2) is 11.4 Å². The lowest BCUT2D eigenvalue weighted by Gasteiger charge is -2.12. The number of aromatic amines is 1. The van der Waals surface area contributed by atoms with Crippen LogP contribution in [0.4, 0.5) is 0 Å². The summed E-state index contributed by atoms with van der Waals surface area (Å²) in [5.74, 6) is -0.701. The molecule has 0 fully saturated rings. The van der Waals surface area contributed by atoms with Gasteiger partial charge in [-0.2, -0.15) is 5.10 Å². The molecular formula is C14H17N5O3S. The van der Waals surface area contributed by atoms with E-state index in [1.807, 2.05) is 0 Å². The van der Waals surface area contributed by atoms with Crippen LogP contribution in [0.15, 0.2) is 5.38 Å². The Kier molecular flexibility index (Phi) is 4.68. The Balaban J connectivity index is 1.61. The van der Waals surface area contributed by atoms with Gasteiger partial charge in [-0.3, -0.25) is 9.89 Å². The van der Waals surface area contributed by atoms with Crippen molar-refractivity contribution in [3.05, 3.63) is 33.0 Å². The van der Waals surface area contributed by atoms with Gasteiger partial charge in [-0.05, 0) is 6.92 Å². The number of fused-ring (bicyclic) bond motifs is 1. The molecular weight excluding hydrogens is 318 g/mol. The number of H-pyrrole nitrogens is 1. The Morgan fingerprint density at radius 3 is 3.17 bits per heavy atom. The van der Waals surface area contributed by atoms with E-state index in [1.165, 1.54) is 11.3 Å². The average Bonchev–Trinajstić information content (AvgIpc) is 3.20. The molecule has 0 spiro atoms. The fourth-order valence-corrected chi connectivity index (χ4v) is 3.05. The first-order chi connectivity index (χ1) is 11.2. The van der Waals surface area contributed by atoms with Crippen LogP contribution in [-0.2, 0) is 24.2 Å². The van der Waals surface area contributed by atoms with E-state index in [2.05, 4.69) is 25.8 Å². The molecule has 9 heteroatoms. The Morgan fingerprint density at radius 1 is 1.48 bits per heavy atom. The van der Waals surface area contributed by atoms with Crippen molar-refractivity contribution < 1.29 is 14.3 Å². The highest BCUT2D eigenvalue weighted by atomic mass is 32.1. The number of rotatable bonds is 5. The Labute approximate surface area is 136 Å². The molecule has 1 amide bonds. The molecule has 1 aliphatic rings. The Bertz CT molecular complexity index is 724. The van der Waals surface area contributed by atoms with Gasteiger partial charge in [0.05, 0.1) is 13.2 Å². The zero-order chi connectivity index (χ0) is 16.2. The fourth-order valence-electron chi connectivity index (χ4n) is 2.34. The molecule has 0 aliphatic carbocycles.